The zero-order chi connectivity index (χ0) is 14.1. The lowest BCUT2D eigenvalue weighted by Crippen LogP contribution is -1.85. The van der Waals surface area contributed by atoms with Gasteiger partial charge in [-0.2, -0.15) is 5.26 Å². The Morgan fingerprint density at radius 1 is 0.900 bits per heavy atom. The summed E-state index contributed by atoms with van der Waals surface area (Å²) in [5.74, 6) is 0. The maximum absolute atomic E-state index is 9.12. The van der Waals surface area contributed by atoms with Crippen molar-refractivity contribution >= 4 is 42.6 Å². The van der Waals surface area contributed by atoms with Gasteiger partial charge in [-0.3, -0.25) is 0 Å². The molecule has 0 atom stereocenters. The Morgan fingerprint density at radius 2 is 1.65 bits per heavy atom. The van der Waals surface area contributed by atoms with Crippen molar-refractivity contribution in [2.24, 2.45) is 0 Å². The highest BCUT2D eigenvalue weighted by molar-refractivity contribution is 9.11. The summed E-state index contributed by atoms with van der Waals surface area (Å²) in [6.45, 7) is 0. The van der Waals surface area contributed by atoms with Gasteiger partial charge in [0.25, 0.3) is 0 Å². The summed E-state index contributed by atoms with van der Waals surface area (Å²) >= 11 is 7.09. The Balaban J connectivity index is 2.36. The molecule has 3 aromatic carbocycles. The molecule has 0 aliphatic rings. The normalized spacial score (nSPS) is 10.4. The summed E-state index contributed by atoms with van der Waals surface area (Å²) in [5.41, 5.74) is 2.81. The van der Waals surface area contributed by atoms with Gasteiger partial charge in [0.05, 0.1) is 11.6 Å². The van der Waals surface area contributed by atoms with E-state index in [2.05, 4.69) is 56.1 Å². The molecule has 1 nitrogen and oxygen atoms in total. The fourth-order valence-electron chi connectivity index (χ4n) is 2.35. The van der Waals surface area contributed by atoms with Crippen molar-refractivity contribution < 1.29 is 0 Å². The van der Waals surface area contributed by atoms with Gasteiger partial charge in [-0.05, 0) is 40.8 Å². The van der Waals surface area contributed by atoms with E-state index in [4.69, 9.17) is 5.26 Å². The van der Waals surface area contributed by atoms with Gasteiger partial charge in [0.2, 0.25) is 0 Å². The van der Waals surface area contributed by atoms with E-state index in [1.807, 2.05) is 36.4 Å². The predicted octanol–water partition coefficient (Wildman–Crippen LogP) is 5.90. The second-order valence-electron chi connectivity index (χ2n) is 4.48. The molecule has 0 saturated heterocycles. The van der Waals surface area contributed by atoms with Gasteiger partial charge < -0.3 is 0 Å². The second kappa shape index (κ2) is 5.40. The van der Waals surface area contributed by atoms with E-state index >= 15 is 0 Å². The molecule has 0 amide bonds. The van der Waals surface area contributed by atoms with E-state index in [9.17, 15) is 0 Å². The molecule has 0 bridgehead atoms. The molecular formula is C17H9Br2N. The number of benzene rings is 3. The molecule has 0 aliphatic carbocycles. The summed E-state index contributed by atoms with van der Waals surface area (Å²) < 4.78 is 1.97. The number of nitrogens with zero attached hydrogens (tertiary/aromatic N) is 1. The smallest absolute Gasteiger partial charge is 0.0992 e. The van der Waals surface area contributed by atoms with E-state index in [0.29, 0.717) is 5.56 Å². The van der Waals surface area contributed by atoms with E-state index in [1.54, 1.807) is 0 Å². The summed E-state index contributed by atoms with van der Waals surface area (Å²) in [4.78, 5) is 0. The monoisotopic (exact) mass is 385 g/mol. The first kappa shape index (κ1) is 13.4. The molecule has 3 rings (SSSR count). The topological polar surface area (TPSA) is 23.8 Å². The number of hydrogen-bond donors (Lipinski definition) is 0. The van der Waals surface area contributed by atoms with E-state index in [0.717, 1.165) is 25.5 Å². The van der Waals surface area contributed by atoms with E-state index < -0.39 is 0 Å². The molecule has 96 valence electrons. The number of halogens is 2. The van der Waals surface area contributed by atoms with Gasteiger partial charge in [-0.15, -0.1) is 0 Å². The van der Waals surface area contributed by atoms with E-state index in [-0.39, 0.29) is 0 Å². The van der Waals surface area contributed by atoms with E-state index in [1.165, 1.54) is 5.39 Å². The first-order valence-electron chi connectivity index (χ1n) is 6.07. The van der Waals surface area contributed by atoms with Crippen LogP contribution < -0.4 is 0 Å². The zero-order valence-corrected chi connectivity index (χ0v) is 13.6. The minimum absolute atomic E-state index is 0.651. The Kier molecular flexibility index (Phi) is 3.60. The molecule has 0 unspecified atom stereocenters. The largest absolute Gasteiger partial charge is 0.192 e. The number of nitriles is 1. The van der Waals surface area contributed by atoms with Gasteiger partial charge in [0, 0.05) is 14.3 Å². The van der Waals surface area contributed by atoms with Crippen molar-refractivity contribution in [1.82, 2.24) is 0 Å². The molecule has 0 aliphatic heterocycles. The maximum atomic E-state index is 9.12. The molecule has 3 aromatic rings. The molecule has 3 heteroatoms. The summed E-state index contributed by atoms with van der Waals surface area (Å²) in [7, 11) is 0. The lowest BCUT2D eigenvalue weighted by atomic mass is 9.97. The Bertz CT molecular complexity index is 842. The first-order chi connectivity index (χ1) is 9.69. The van der Waals surface area contributed by atoms with Crippen LogP contribution in [-0.4, -0.2) is 0 Å². The highest BCUT2D eigenvalue weighted by Crippen LogP contribution is 2.35. The lowest BCUT2D eigenvalue weighted by molar-refractivity contribution is 1.47. The van der Waals surface area contributed by atoms with Crippen LogP contribution in [0.3, 0.4) is 0 Å². The molecule has 0 heterocycles. The molecule has 0 N–H and O–H groups in total. The molecular weight excluding hydrogens is 378 g/mol. The van der Waals surface area contributed by atoms with Gasteiger partial charge >= 0.3 is 0 Å². The standard InChI is InChI=1S/C17H9Br2N/c18-14-8-11(10-20)7-13(9-14)15-5-1-3-12-4-2-6-16(19)17(12)15/h1-9H. The van der Waals surface area contributed by atoms with Crippen LogP contribution in [0.5, 0.6) is 0 Å². The van der Waals surface area contributed by atoms with Crippen LogP contribution >= 0.6 is 31.9 Å². The maximum Gasteiger partial charge on any atom is 0.0992 e. The van der Waals surface area contributed by atoms with Crippen molar-refractivity contribution in [2.75, 3.05) is 0 Å². The molecule has 0 spiro atoms. The predicted molar refractivity (Wildman–Crippen MR) is 89.5 cm³/mol. The van der Waals surface area contributed by atoms with Crippen molar-refractivity contribution in [3.63, 3.8) is 0 Å². The van der Waals surface area contributed by atoms with Gasteiger partial charge in [-0.1, -0.05) is 62.2 Å². The molecule has 20 heavy (non-hydrogen) atoms. The lowest BCUT2D eigenvalue weighted by Gasteiger charge is -2.09. The van der Waals surface area contributed by atoms with Crippen LogP contribution in [0.4, 0.5) is 0 Å². The van der Waals surface area contributed by atoms with Crippen LogP contribution in [0.2, 0.25) is 0 Å². The van der Waals surface area contributed by atoms with Gasteiger partial charge in [-0.25, -0.2) is 0 Å². The Morgan fingerprint density at radius 3 is 2.40 bits per heavy atom. The number of hydrogen-bond acceptors (Lipinski definition) is 1. The SMILES string of the molecule is N#Cc1cc(Br)cc(-c2cccc3cccc(Br)c23)c1. The van der Waals surface area contributed by atoms with Crippen LogP contribution in [0.25, 0.3) is 21.9 Å². The minimum atomic E-state index is 0.651. The van der Waals surface area contributed by atoms with Crippen LogP contribution in [-0.2, 0) is 0 Å². The third kappa shape index (κ3) is 2.37. The molecule has 0 fully saturated rings. The molecule has 0 aromatic heterocycles. The highest BCUT2D eigenvalue weighted by Gasteiger charge is 2.08. The average molecular weight is 387 g/mol. The number of fused-ring (bicyclic) bond motifs is 1. The van der Waals surface area contributed by atoms with Crippen molar-refractivity contribution in [3.05, 3.63) is 69.1 Å². The first-order valence-corrected chi connectivity index (χ1v) is 7.66. The third-order valence-corrected chi connectivity index (χ3v) is 4.31. The molecule has 0 saturated carbocycles. The minimum Gasteiger partial charge on any atom is -0.192 e. The van der Waals surface area contributed by atoms with Crippen molar-refractivity contribution in [3.8, 4) is 17.2 Å². The van der Waals surface area contributed by atoms with Crippen LogP contribution in [0.1, 0.15) is 5.56 Å². The van der Waals surface area contributed by atoms with Gasteiger partial charge in [0.15, 0.2) is 0 Å². The summed E-state index contributed by atoms with van der Waals surface area (Å²) in [6.07, 6.45) is 0. The highest BCUT2D eigenvalue weighted by atomic mass is 79.9. The second-order valence-corrected chi connectivity index (χ2v) is 6.25. The van der Waals surface area contributed by atoms with Crippen molar-refractivity contribution in [2.45, 2.75) is 0 Å². The summed E-state index contributed by atoms with van der Waals surface area (Å²) in [5, 5.41) is 11.5. The Hall–Kier alpha value is -1.63. The number of rotatable bonds is 1. The molecule has 0 radical (unpaired) electrons. The fourth-order valence-corrected chi connectivity index (χ4v) is 3.43. The van der Waals surface area contributed by atoms with Crippen LogP contribution in [0, 0.1) is 11.3 Å². The fraction of sp³-hybridized carbons (Fsp3) is 0. The van der Waals surface area contributed by atoms with Crippen LogP contribution in [0.15, 0.2) is 63.5 Å². The quantitative estimate of drug-likeness (QED) is 0.510. The van der Waals surface area contributed by atoms with Crippen molar-refractivity contribution in [1.29, 1.82) is 5.26 Å². The third-order valence-electron chi connectivity index (χ3n) is 3.19. The van der Waals surface area contributed by atoms with Gasteiger partial charge in [0.1, 0.15) is 0 Å². The average Bonchev–Trinajstić information content (AvgIpc) is 2.46. The zero-order valence-electron chi connectivity index (χ0n) is 10.4. The summed E-state index contributed by atoms with van der Waals surface area (Å²) in [6, 6.07) is 20.3. The Labute approximate surface area is 134 Å².